The van der Waals surface area contributed by atoms with Gasteiger partial charge in [0.1, 0.15) is 17.1 Å². The number of ether oxygens (including phenoxy) is 2. The molecule has 0 aliphatic heterocycles. The second-order valence-electron chi connectivity index (χ2n) is 8.65. The molecular formula is C23H25ClFN3O6S. The summed E-state index contributed by atoms with van der Waals surface area (Å²) >= 11 is 5.89. The number of aromatic nitrogens is 1. The van der Waals surface area contributed by atoms with Gasteiger partial charge in [-0.05, 0) is 64.1 Å². The summed E-state index contributed by atoms with van der Waals surface area (Å²) in [6.45, 7) is 6.69. The number of hydrogen-bond donors (Lipinski definition) is 2. The van der Waals surface area contributed by atoms with Crippen LogP contribution >= 0.6 is 11.6 Å². The standard InChI is InChI=1S/C23H25ClFN3O6S/c1-6-33-21(29)20-12-15-18(26-13-7-8-17(25)16(24)9-13)10-14(27-35(5,31)32)11-19(15)28(20)22(30)34-23(2,3)4/h7-12,26-27H,6H2,1-5H3. The van der Waals surface area contributed by atoms with Crippen molar-refractivity contribution in [1.29, 1.82) is 0 Å². The zero-order valence-electron chi connectivity index (χ0n) is 19.7. The second kappa shape index (κ2) is 9.74. The van der Waals surface area contributed by atoms with Gasteiger partial charge in [-0.1, -0.05) is 11.6 Å². The molecule has 0 spiro atoms. The monoisotopic (exact) mass is 525 g/mol. The maximum Gasteiger partial charge on any atom is 0.419 e. The Balaban J connectivity index is 2.30. The third-order valence-electron chi connectivity index (χ3n) is 4.48. The van der Waals surface area contributed by atoms with Gasteiger partial charge in [0.05, 0.1) is 34.8 Å². The van der Waals surface area contributed by atoms with Gasteiger partial charge in [0, 0.05) is 11.1 Å². The summed E-state index contributed by atoms with van der Waals surface area (Å²) in [5.41, 5.74) is -0.0247. The molecule has 0 amide bonds. The lowest BCUT2D eigenvalue weighted by Crippen LogP contribution is -2.29. The number of rotatable bonds is 6. The Morgan fingerprint density at radius 2 is 1.80 bits per heavy atom. The lowest BCUT2D eigenvalue weighted by atomic mass is 10.1. The van der Waals surface area contributed by atoms with Crippen LogP contribution in [-0.2, 0) is 19.5 Å². The van der Waals surface area contributed by atoms with Crippen LogP contribution in [0.5, 0.6) is 0 Å². The SMILES string of the molecule is CCOC(=O)c1cc2c(Nc3ccc(F)c(Cl)c3)cc(NS(C)(=O)=O)cc2n1C(=O)OC(C)(C)C. The van der Waals surface area contributed by atoms with E-state index in [2.05, 4.69) is 10.0 Å². The Hall–Kier alpha value is -3.31. The maximum atomic E-state index is 13.6. The smallest absolute Gasteiger partial charge is 0.419 e. The summed E-state index contributed by atoms with van der Waals surface area (Å²) in [5, 5.41) is 3.28. The highest BCUT2D eigenvalue weighted by Crippen LogP contribution is 2.35. The number of nitrogens with one attached hydrogen (secondary N) is 2. The van der Waals surface area contributed by atoms with Gasteiger partial charge in [0.2, 0.25) is 10.0 Å². The van der Waals surface area contributed by atoms with Crippen LogP contribution in [0.15, 0.2) is 36.4 Å². The van der Waals surface area contributed by atoms with Crippen molar-refractivity contribution in [3.05, 3.63) is 52.9 Å². The minimum atomic E-state index is -3.69. The summed E-state index contributed by atoms with van der Waals surface area (Å²) in [7, 11) is -3.69. The normalized spacial score (nSPS) is 11.9. The number of benzene rings is 2. The molecule has 1 heterocycles. The average molecular weight is 526 g/mol. The predicted molar refractivity (Wildman–Crippen MR) is 133 cm³/mol. The molecule has 188 valence electrons. The molecule has 3 rings (SSSR count). The van der Waals surface area contributed by atoms with Gasteiger partial charge >= 0.3 is 12.1 Å². The van der Waals surface area contributed by atoms with E-state index in [0.717, 1.165) is 16.9 Å². The van der Waals surface area contributed by atoms with Crippen LogP contribution < -0.4 is 10.0 Å². The molecule has 0 aliphatic carbocycles. The van der Waals surface area contributed by atoms with Crippen molar-refractivity contribution in [3.8, 4) is 0 Å². The van der Waals surface area contributed by atoms with E-state index in [9.17, 15) is 22.4 Å². The van der Waals surface area contributed by atoms with E-state index in [1.807, 2.05) is 0 Å². The number of esters is 1. The number of anilines is 3. The van der Waals surface area contributed by atoms with E-state index >= 15 is 0 Å². The molecule has 0 radical (unpaired) electrons. The highest BCUT2D eigenvalue weighted by Gasteiger charge is 2.27. The summed E-state index contributed by atoms with van der Waals surface area (Å²) in [4.78, 5) is 25.9. The van der Waals surface area contributed by atoms with Crippen molar-refractivity contribution < 1.29 is 31.9 Å². The number of nitrogens with zero attached hydrogens (tertiary/aromatic N) is 1. The lowest BCUT2D eigenvalue weighted by Gasteiger charge is -2.21. The van der Waals surface area contributed by atoms with Gasteiger partial charge in [-0.2, -0.15) is 0 Å². The first-order chi connectivity index (χ1) is 16.2. The van der Waals surface area contributed by atoms with Gasteiger partial charge in [-0.3, -0.25) is 4.72 Å². The zero-order valence-corrected chi connectivity index (χ0v) is 21.3. The Kier molecular flexibility index (Phi) is 7.32. The van der Waals surface area contributed by atoms with Crippen LogP contribution in [0.25, 0.3) is 10.9 Å². The highest BCUT2D eigenvalue weighted by atomic mass is 35.5. The summed E-state index contributed by atoms with van der Waals surface area (Å²) in [5.74, 6) is -1.39. The molecule has 0 aliphatic rings. The van der Waals surface area contributed by atoms with Crippen molar-refractivity contribution >= 4 is 61.7 Å². The van der Waals surface area contributed by atoms with Crippen molar-refractivity contribution in [2.45, 2.75) is 33.3 Å². The first kappa shape index (κ1) is 26.3. The van der Waals surface area contributed by atoms with Gasteiger partial charge in [-0.15, -0.1) is 0 Å². The molecule has 2 N–H and O–H groups in total. The first-order valence-electron chi connectivity index (χ1n) is 10.5. The second-order valence-corrected chi connectivity index (χ2v) is 10.8. The highest BCUT2D eigenvalue weighted by molar-refractivity contribution is 7.92. The number of carbonyl (C=O) groups excluding carboxylic acids is 2. The fourth-order valence-corrected chi connectivity index (χ4v) is 4.00. The molecule has 2 aromatic carbocycles. The first-order valence-corrected chi connectivity index (χ1v) is 12.8. The fraction of sp³-hybridized carbons (Fsp3) is 0.304. The third kappa shape index (κ3) is 6.43. The third-order valence-corrected chi connectivity index (χ3v) is 5.38. The Bertz CT molecular complexity index is 1410. The lowest BCUT2D eigenvalue weighted by molar-refractivity contribution is 0.0454. The van der Waals surface area contributed by atoms with Crippen molar-refractivity contribution in [2.24, 2.45) is 0 Å². The van der Waals surface area contributed by atoms with Gasteiger partial charge in [0.25, 0.3) is 0 Å². The maximum absolute atomic E-state index is 13.6. The van der Waals surface area contributed by atoms with Crippen LogP contribution in [0, 0.1) is 5.82 Å². The largest absolute Gasteiger partial charge is 0.461 e. The van der Waals surface area contributed by atoms with E-state index in [4.69, 9.17) is 21.1 Å². The van der Waals surface area contributed by atoms with E-state index in [1.54, 1.807) is 27.7 Å². The predicted octanol–water partition coefficient (Wildman–Crippen LogP) is 5.51. The molecule has 9 nitrogen and oxygen atoms in total. The zero-order chi connectivity index (χ0) is 26.1. The molecule has 0 fully saturated rings. The molecule has 3 aromatic rings. The van der Waals surface area contributed by atoms with Gasteiger partial charge < -0.3 is 14.8 Å². The number of carbonyl (C=O) groups is 2. The van der Waals surface area contributed by atoms with Crippen LogP contribution in [-0.4, -0.2) is 43.5 Å². The molecular weight excluding hydrogens is 501 g/mol. The van der Waals surface area contributed by atoms with Crippen LogP contribution in [0.2, 0.25) is 5.02 Å². The molecule has 0 bridgehead atoms. The number of halogens is 2. The topological polar surface area (TPSA) is 116 Å². The molecule has 12 heteroatoms. The molecule has 0 saturated heterocycles. The van der Waals surface area contributed by atoms with Crippen molar-refractivity contribution in [2.75, 3.05) is 22.9 Å². The summed E-state index contributed by atoms with van der Waals surface area (Å²) in [6.07, 6.45) is 0.115. The van der Waals surface area contributed by atoms with Crippen molar-refractivity contribution in [3.63, 3.8) is 0 Å². The summed E-state index contributed by atoms with van der Waals surface area (Å²) < 4.78 is 51.5. The Morgan fingerprint density at radius 1 is 1.11 bits per heavy atom. The minimum Gasteiger partial charge on any atom is -0.461 e. The van der Waals surface area contributed by atoms with Crippen molar-refractivity contribution in [1.82, 2.24) is 4.57 Å². The summed E-state index contributed by atoms with van der Waals surface area (Å²) in [6, 6.07) is 8.23. The Labute approximate surface area is 207 Å². The molecule has 0 atom stereocenters. The number of sulfonamides is 1. The van der Waals surface area contributed by atoms with E-state index in [1.165, 1.54) is 30.3 Å². The van der Waals surface area contributed by atoms with E-state index < -0.39 is 33.5 Å². The quantitative estimate of drug-likeness (QED) is 0.408. The molecule has 0 unspecified atom stereocenters. The Morgan fingerprint density at radius 3 is 2.37 bits per heavy atom. The molecule has 1 aromatic heterocycles. The molecule has 0 saturated carbocycles. The van der Waals surface area contributed by atoms with Gasteiger partial charge in [0.15, 0.2) is 0 Å². The minimum absolute atomic E-state index is 0.0642. The van der Waals surface area contributed by atoms with Crippen LogP contribution in [0.3, 0.4) is 0 Å². The average Bonchev–Trinajstić information content (AvgIpc) is 3.08. The van der Waals surface area contributed by atoms with E-state index in [0.29, 0.717) is 16.8 Å². The molecule has 35 heavy (non-hydrogen) atoms. The van der Waals surface area contributed by atoms with Crippen LogP contribution in [0.1, 0.15) is 38.2 Å². The van der Waals surface area contributed by atoms with Gasteiger partial charge in [-0.25, -0.2) is 27.0 Å². The van der Waals surface area contributed by atoms with E-state index in [-0.39, 0.29) is 28.5 Å². The van der Waals surface area contributed by atoms with Crippen LogP contribution in [0.4, 0.5) is 26.2 Å². The number of fused-ring (bicyclic) bond motifs is 1. The fourth-order valence-electron chi connectivity index (χ4n) is 3.27. The number of hydrogen-bond acceptors (Lipinski definition) is 7.